The molecule has 0 radical (unpaired) electrons. The predicted molar refractivity (Wildman–Crippen MR) is 79.5 cm³/mol. The normalized spacial score (nSPS) is 12.4. The number of aryl methyl sites for hydroxylation is 2. The van der Waals surface area contributed by atoms with Gasteiger partial charge < -0.3 is 9.32 Å². The van der Waals surface area contributed by atoms with E-state index < -0.39 is 0 Å². The van der Waals surface area contributed by atoms with Crippen LogP contribution in [0.3, 0.4) is 0 Å². The summed E-state index contributed by atoms with van der Waals surface area (Å²) in [5.41, 5.74) is 0.567. The summed E-state index contributed by atoms with van der Waals surface area (Å²) in [5, 5.41) is 4.07. The summed E-state index contributed by atoms with van der Waals surface area (Å²) in [7, 11) is 3.58. The second kappa shape index (κ2) is 6.26. The summed E-state index contributed by atoms with van der Waals surface area (Å²) in [6.07, 6.45) is 4.97. The number of hydrogen-bond acceptors (Lipinski definition) is 3. The molecule has 2 rings (SSSR count). The van der Waals surface area contributed by atoms with E-state index in [1.165, 1.54) is 0 Å². The van der Waals surface area contributed by atoms with E-state index in [0.717, 1.165) is 23.1 Å². The highest BCUT2D eigenvalue weighted by molar-refractivity contribution is 9.10. The second-order valence-corrected chi connectivity index (χ2v) is 5.70. The molecular weight excluding hydrogens is 322 g/mol. The first-order valence-corrected chi connectivity index (χ1v) is 7.27. The van der Waals surface area contributed by atoms with E-state index >= 15 is 0 Å². The van der Waals surface area contributed by atoms with Gasteiger partial charge in [-0.1, -0.05) is 0 Å². The molecule has 0 aliphatic heterocycles. The molecule has 0 saturated carbocycles. The van der Waals surface area contributed by atoms with Crippen molar-refractivity contribution in [2.45, 2.75) is 25.8 Å². The Kier molecular flexibility index (Phi) is 4.65. The molecule has 0 aliphatic carbocycles. The van der Waals surface area contributed by atoms with Gasteiger partial charge in [0.25, 0.3) is 5.91 Å². The highest BCUT2D eigenvalue weighted by Gasteiger charge is 2.22. The van der Waals surface area contributed by atoms with Crippen LogP contribution in [-0.4, -0.2) is 33.7 Å². The summed E-state index contributed by atoms with van der Waals surface area (Å²) in [4.78, 5) is 14.2. The summed E-state index contributed by atoms with van der Waals surface area (Å²) >= 11 is 3.36. The van der Waals surface area contributed by atoms with Crippen molar-refractivity contribution in [1.82, 2.24) is 14.7 Å². The van der Waals surface area contributed by atoms with Crippen molar-refractivity contribution in [2.75, 3.05) is 7.05 Å². The van der Waals surface area contributed by atoms with Gasteiger partial charge in [-0.05, 0) is 41.4 Å². The van der Waals surface area contributed by atoms with Gasteiger partial charge in [-0.25, -0.2) is 0 Å². The van der Waals surface area contributed by atoms with E-state index in [-0.39, 0.29) is 11.9 Å². The number of rotatable bonds is 5. The lowest BCUT2D eigenvalue weighted by atomic mass is 10.1. The summed E-state index contributed by atoms with van der Waals surface area (Å²) < 4.78 is 7.61. The van der Waals surface area contributed by atoms with E-state index in [9.17, 15) is 4.79 Å². The van der Waals surface area contributed by atoms with Crippen molar-refractivity contribution in [3.63, 3.8) is 0 Å². The maximum Gasteiger partial charge on any atom is 0.273 e. The molecule has 1 amide bonds. The molecule has 0 saturated heterocycles. The van der Waals surface area contributed by atoms with Crippen molar-refractivity contribution >= 4 is 21.8 Å². The Morgan fingerprint density at radius 1 is 1.60 bits per heavy atom. The number of hydrogen-bond donors (Lipinski definition) is 0. The summed E-state index contributed by atoms with van der Waals surface area (Å²) in [6, 6.07) is 3.95. The highest BCUT2D eigenvalue weighted by atomic mass is 79.9. The molecule has 0 spiro atoms. The van der Waals surface area contributed by atoms with Crippen molar-refractivity contribution in [2.24, 2.45) is 7.05 Å². The van der Waals surface area contributed by atoms with Gasteiger partial charge in [-0.15, -0.1) is 0 Å². The maximum atomic E-state index is 12.5. The first-order valence-electron chi connectivity index (χ1n) is 6.47. The Bertz CT molecular complexity index is 558. The Hall–Kier alpha value is -1.56. The summed E-state index contributed by atoms with van der Waals surface area (Å²) in [6.45, 7) is 2.03. The molecule has 5 nitrogen and oxygen atoms in total. The zero-order valence-corrected chi connectivity index (χ0v) is 13.4. The smallest absolute Gasteiger partial charge is 0.273 e. The highest BCUT2D eigenvalue weighted by Crippen LogP contribution is 2.19. The minimum atomic E-state index is -0.0381. The molecule has 2 aromatic rings. The average molecular weight is 340 g/mol. The molecule has 20 heavy (non-hydrogen) atoms. The Balaban J connectivity index is 1.99. The minimum Gasteiger partial charge on any atom is -0.469 e. The van der Waals surface area contributed by atoms with Crippen molar-refractivity contribution < 1.29 is 9.21 Å². The number of aromatic nitrogens is 2. The number of carbonyl (C=O) groups excluding carboxylic acids is 1. The van der Waals surface area contributed by atoms with E-state index in [4.69, 9.17) is 4.42 Å². The van der Waals surface area contributed by atoms with Gasteiger partial charge in [0.15, 0.2) is 0 Å². The van der Waals surface area contributed by atoms with Gasteiger partial charge in [0.05, 0.1) is 16.9 Å². The van der Waals surface area contributed by atoms with Crippen molar-refractivity contribution in [1.29, 1.82) is 0 Å². The van der Waals surface area contributed by atoms with E-state index in [0.29, 0.717) is 5.69 Å². The second-order valence-electron chi connectivity index (χ2n) is 4.85. The average Bonchev–Trinajstić information content (AvgIpc) is 3.05. The monoisotopic (exact) mass is 339 g/mol. The van der Waals surface area contributed by atoms with Crippen LogP contribution < -0.4 is 0 Å². The SMILES string of the molecule is CC(CCc1ccco1)N(C)C(=O)c1c(Br)cnn1C. The molecule has 0 fully saturated rings. The zero-order valence-electron chi connectivity index (χ0n) is 11.8. The van der Waals surface area contributed by atoms with Crippen LogP contribution in [0.5, 0.6) is 0 Å². The van der Waals surface area contributed by atoms with Crippen LogP contribution >= 0.6 is 15.9 Å². The van der Waals surface area contributed by atoms with Gasteiger partial charge in [0.1, 0.15) is 11.5 Å². The first kappa shape index (κ1) is 14.8. The fourth-order valence-corrected chi connectivity index (χ4v) is 2.54. The number of furan rings is 1. The molecule has 0 aromatic carbocycles. The van der Waals surface area contributed by atoms with Crippen LogP contribution in [0.2, 0.25) is 0 Å². The van der Waals surface area contributed by atoms with Crippen LogP contribution in [-0.2, 0) is 13.5 Å². The lowest BCUT2D eigenvalue weighted by Crippen LogP contribution is -2.36. The Labute approximate surface area is 126 Å². The third-order valence-corrected chi connectivity index (χ3v) is 4.05. The van der Waals surface area contributed by atoms with E-state index in [1.807, 2.05) is 26.1 Å². The third-order valence-electron chi connectivity index (χ3n) is 3.47. The largest absolute Gasteiger partial charge is 0.469 e. The van der Waals surface area contributed by atoms with Gasteiger partial charge in [-0.2, -0.15) is 5.10 Å². The van der Waals surface area contributed by atoms with Gasteiger partial charge in [-0.3, -0.25) is 9.48 Å². The topological polar surface area (TPSA) is 51.3 Å². The lowest BCUT2D eigenvalue weighted by molar-refractivity contribution is 0.0724. The standard InChI is InChI=1S/C14H18BrN3O2/c1-10(6-7-11-5-4-8-20-11)17(2)14(19)13-12(15)9-16-18(13)3/h4-5,8-10H,6-7H2,1-3H3. The number of halogens is 1. The molecule has 1 unspecified atom stereocenters. The first-order chi connectivity index (χ1) is 9.50. The molecule has 1 atom stereocenters. The molecule has 2 aromatic heterocycles. The number of nitrogens with zero attached hydrogens (tertiary/aromatic N) is 3. The Morgan fingerprint density at radius 2 is 2.35 bits per heavy atom. The van der Waals surface area contributed by atoms with E-state index in [1.54, 1.807) is 29.1 Å². The Morgan fingerprint density at radius 3 is 2.90 bits per heavy atom. The third kappa shape index (κ3) is 3.12. The van der Waals surface area contributed by atoms with Crippen LogP contribution in [0.4, 0.5) is 0 Å². The molecule has 0 aliphatic rings. The van der Waals surface area contributed by atoms with Crippen molar-refractivity contribution in [3.8, 4) is 0 Å². The van der Waals surface area contributed by atoms with Crippen LogP contribution in [0.25, 0.3) is 0 Å². The van der Waals surface area contributed by atoms with Crippen LogP contribution in [0.1, 0.15) is 29.6 Å². The predicted octanol–water partition coefficient (Wildman–Crippen LogP) is 2.87. The maximum absolute atomic E-state index is 12.5. The number of carbonyl (C=O) groups is 1. The van der Waals surface area contributed by atoms with Gasteiger partial charge in [0, 0.05) is 26.6 Å². The van der Waals surface area contributed by atoms with Gasteiger partial charge in [0.2, 0.25) is 0 Å². The fourth-order valence-electron chi connectivity index (χ4n) is 2.02. The van der Waals surface area contributed by atoms with Crippen LogP contribution in [0, 0.1) is 0 Å². The quantitative estimate of drug-likeness (QED) is 0.841. The van der Waals surface area contributed by atoms with Gasteiger partial charge >= 0.3 is 0 Å². The van der Waals surface area contributed by atoms with Crippen molar-refractivity contribution in [3.05, 3.63) is 40.5 Å². The molecular formula is C14H18BrN3O2. The lowest BCUT2D eigenvalue weighted by Gasteiger charge is -2.24. The zero-order chi connectivity index (χ0) is 14.7. The molecule has 108 valence electrons. The molecule has 2 heterocycles. The number of amides is 1. The van der Waals surface area contributed by atoms with Crippen LogP contribution in [0.15, 0.2) is 33.5 Å². The summed E-state index contributed by atoms with van der Waals surface area (Å²) in [5.74, 6) is 0.906. The molecule has 0 N–H and O–H groups in total. The molecule has 6 heteroatoms. The van der Waals surface area contributed by atoms with E-state index in [2.05, 4.69) is 21.0 Å². The minimum absolute atomic E-state index is 0.0381. The molecule has 0 bridgehead atoms. The fraction of sp³-hybridized carbons (Fsp3) is 0.429.